The standard InChI is InChI=1S/C28H40O4Si/c1-6-14-26(27(30)25-20-19-24(31-25)23(29)7-2)32-33(28(3,4)5,21-15-10-8-11-16-21)22-17-12-9-13-18-22/h6,8-13,15-18,23-27,29-30H,1,7,14,19-20H2,2-5H3/t23-,24-,25+,26?,27-/m1/s1. The van der Waals surface area contributed by atoms with E-state index in [2.05, 4.69) is 75.9 Å². The van der Waals surface area contributed by atoms with Crippen LogP contribution in [0.3, 0.4) is 0 Å². The highest BCUT2D eigenvalue weighted by molar-refractivity contribution is 6.99. The molecule has 0 aliphatic carbocycles. The molecule has 33 heavy (non-hydrogen) atoms. The topological polar surface area (TPSA) is 58.9 Å². The van der Waals surface area contributed by atoms with Crippen LogP contribution >= 0.6 is 0 Å². The van der Waals surface area contributed by atoms with E-state index in [9.17, 15) is 10.2 Å². The van der Waals surface area contributed by atoms with Crippen molar-refractivity contribution in [3.8, 4) is 0 Å². The lowest BCUT2D eigenvalue weighted by atomic mass is 10.0. The van der Waals surface area contributed by atoms with Crippen molar-refractivity contribution in [3.63, 3.8) is 0 Å². The van der Waals surface area contributed by atoms with Gasteiger partial charge in [-0.3, -0.25) is 0 Å². The third kappa shape index (κ3) is 5.50. The minimum atomic E-state index is -2.82. The molecule has 1 saturated heterocycles. The minimum absolute atomic E-state index is 0.188. The van der Waals surface area contributed by atoms with E-state index in [1.807, 2.05) is 25.1 Å². The van der Waals surface area contributed by atoms with Crippen LogP contribution in [0.15, 0.2) is 73.3 Å². The fraction of sp³-hybridized carbons (Fsp3) is 0.500. The summed E-state index contributed by atoms with van der Waals surface area (Å²) in [7, 11) is -2.82. The minimum Gasteiger partial charge on any atom is -0.401 e. The number of aliphatic hydroxyl groups is 2. The van der Waals surface area contributed by atoms with Crippen LogP contribution in [-0.4, -0.2) is 49.1 Å². The Balaban J connectivity index is 2.02. The normalized spacial score (nSPS) is 22.0. The summed E-state index contributed by atoms with van der Waals surface area (Å²) < 4.78 is 13.3. The smallest absolute Gasteiger partial charge is 0.261 e. The van der Waals surface area contributed by atoms with E-state index in [1.54, 1.807) is 0 Å². The van der Waals surface area contributed by atoms with Crippen LogP contribution < -0.4 is 10.4 Å². The first kappa shape index (κ1) is 25.9. The van der Waals surface area contributed by atoms with Crippen LogP contribution in [0.25, 0.3) is 0 Å². The van der Waals surface area contributed by atoms with Crippen LogP contribution in [0.2, 0.25) is 5.04 Å². The largest absolute Gasteiger partial charge is 0.401 e. The van der Waals surface area contributed by atoms with Crippen molar-refractivity contribution in [2.45, 2.75) is 88.9 Å². The summed E-state index contributed by atoms with van der Waals surface area (Å²) in [5.74, 6) is 0. The highest BCUT2D eigenvalue weighted by atomic mass is 28.4. The van der Waals surface area contributed by atoms with Crippen molar-refractivity contribution in [3.05, 3.63) is 73.3 Å². The third-order valence-corrected chi connectivity index (χ3v) is 11.9. The highest BCUT2D eigenvalue weighted by Crippen LogP contribution is 2.39. The molecular formula is C28H40O4Si. The van der Waals surface area contributed by atoms with Gasteiger partial charge in [-0.1, -0.05) is 94.4 Å². The van der Waals surface area contributed by atoms with Crippen LogP contribution in [0, 0.1) is 0 Å². The summed E-state index contributed by atoms with van der Waals surface area (Å²) in [6.45, 7) is 12.6. The first-order valence-corrected chi connectivity index (χ1v) is 14.1. The maximum atomic E-state index is 11.5. The van der Waals surface area contributed by atoms with E-state index >= 15 is 0 Å². The number of hydrogen-bond acceptors (Lipinski definition) is 4. The van der Waals surface area contributed by atoms with Crippen LogP contribution in [0.5, 0.6) is 0 Å². The van der Waals surface area contributed by atoms with Crippen molar-refractivity contribution in [2.75, 3.05) is 0 Å². The van der Waals surface area contributed by atoms with Gasteiger partial charge < -0.3 is 19.4 Å². The highest BCUT2D eigenvalue weighted by Gasteiger charge is 2.52. The maximum absolute atomic E-state index is 11.5. The van der Waals surface area contributed by atoms with Gasteiger partial charge in [-0.15, -0.1) is 6.58 Å². The lowest BCUT2D eigenvalue weighted by molar-refractivity contribution is -0.103. The molecule has 5 atom stereocenters. The Bertz CT molecular complexity index is 825. The molecule has 5 heteroatoms. The Morgan fingerprint density at radius 1 is 1.00 bits per heavy atom. The van der Waals surface area contributed by atoms with Gasteiger partial charge in [0, 0.05) is 0 Å². The van der Waals surface area contributed by atoms with Crippen molar-refractivity contribution in [1.82, 2.24) is 0 Å². The summed E-state index contributed by atoms with van der Waals surface area (Å²) in [5, 5.41) is 23.9. The lowest BCUT2D eigenvalue weighted by Gasteiger charge is -2.46. The Labute approximate surface area is 200 Å². The molecule has 1 aliphatic heterocycles. The average molecular weight is 469 g/mol. The summed E-state index contributed by atoms with van der Waals surface area (Å²) >= 11 is 0. The van der Waals surface area contributed by atoms with Gasteiger partial charge in [0.1, 0.15) is 6.10 Å². The molecule has 2 aromatic rings. The lowest BCUT2D eigenvalue weighted by Crippen LogP contribution is -2.68. The summed E-state index contributed by atoms with van der Waals surface area (Å²) in [4.78, 5) is 0. The van der Waals surface area contributed by atoms with Gasteiger partial charge in [-0.2, -0.15) is 0 Å². The molecule has 0 aromatic heterocycles. The molecule has 180 valence electrons. The molecule has 1 unspecified atom stereocenters. The maximum Gasteiger partial charge on any atom is 0.261 e. The van der Waals surface area contributed by atoms with Gasteiger partial charge in [-0.25, -0.2) is 0 Å². The molecular weight excluding hydrogens is 428 g/mol. The number of ether oxygens (including phenoxy) is 1. The van der Waals surface area contributed by atoms with Gasteiger partial charge in [0.15, 0.2) is 0 Å². The number of rotatable bonds is 10. The fourth-order valence-electron chi connectivity index (χ4n) is 5.07. The molecule has 0 saturated carbocycles. The van der Waals surface area contributed by atoms with E-state index in [-0.39, 0.29) is 17.2 Å². The monoisotopic (exact) mass is 468 g/mol. The molecule has 2 aromatic carbocycles. The van der Waals surface area contributed by atoms with Gasteiger partial charge in [0.2, 0.25) is 0 Å². The van der Waals surface area contributed by atoms with E-state index in [0.717, 1.165) is 6.42 Å². The summed E-state index contributed by atoms with van der Waals surface area (Å²) in [6.07, 6.45) is 2.07. The van der Waals surface area contributed by atoms with Crippen LogP contribution in [-0.2, 0) is 9.16 Å². The Morgan fingerprint density at radius 3 is 1.97 bits per heavy atom. The predicted octanol–water partition coefficient (Wildman–Crippen LogP) is 4.19. The molecule has 1 fully saturated rings. The average Bonchev–Trinajstić information content (AvgIpc) is 3.31. The quantitative estimate of drug-likeness (QED) is 0.406. The third-order valence-electron chi connectivity index (χ3n) is 6.84. The van der Waals surface area contributed by atoms with Crippen molar-refractivity contribution in [1.29, 1.82) is 0 Å². The first-order valence-electron chi connectivity index (χ1n) is 12.2. The zero-order chi connectivity index (χ0) is 24.1. The van der Waals surface area contributed by atoms with Crippen molar-refractivity contribution >= 4 is 18.7 Å². The first-order chi connectivity index (χ1) is 15.7. The van der Waals surface area contributed by atoms with E-state index in [0.29, 0.717) is 19.3 Å². The van der Waals surface area contributed by atoms with Crippen molar-refractivity contribution in [2.24, 2.45) is 0 Å². The summed E-state index contributed by atoms with van der Waals surface area (Å²) in [6, 6.07) is 20.9. The molecule has 3 rings (SSSR count). The molecule has 0 bridgehead atoms. The Hall–Kier alpha value is -1.76. The predicted molar refractivity (Wildman–Crippen MR) is 138 cm³/mol. The van der Waals surface area contributed by atoms with Crippen LogP contribution in [0.1, 0.15) is 53.4 Å². The van der Waals surface area contributed by atoms with Gasteiger partial charge in [0.25, 0.3) is 8.32 Å². The Morgan fingerprint density at radius 2 is 1.52 bits per heavy atom. The zero-order valence-electron chi connectivity index (χ0n) is 20.5. The molecule has 1 aliphatic rings. The molecule has 0 spiro atoms. The fourth-order valence-corrected chi connectivity index (χ4v) is 9.77. The zero-order valence-corrected chi connectivity index (χ0v) is 21.5. The molecule has 0 amide bonds. The molecule has 4 nitrogen and oxygen atoms in total. The van der Waals surface area contributed by atoms with Gasteiger partial charge >= 0.3 is 0 Å². The van der Waals surface area contributed by atoms with Crippen LogP contribution in [0.4, 0.5) is 0 Å². The van der Waals surface area contributed by atoms with Crippen molar-refractivity contribution < 1.29 is 19.4 Å². The Kier molecular flexibility index (Phi) is 8.70. The molecule has 0 radical (unpaired) electrons. The number of hydrogen-bond donors (Lipinski definition) is 2. The van der Waals surface area contributed by atoms with Gasteiger partial charge in [0.05, 0.1) is 24.4 Å². The second-order valence-corrected chi connectivity index (χ2v) is 14.4. The van der Waals surface area contributed by atoms with E-state index < -0.39 is 26.6 Å². The van der Waals surface area contributed by atoms with Gasteiger partial charge in [-0.05, 0) is 41.1 Å². The number of aliphatic hydroxyl groups excluding tert-OH is 2. The number of benzene rings is 2. The second kappa shape index (κ2) is 11.1. The molecule has 2 N–H and O–H groups in total. The molecule has 1 heterocycles. The second-order valence-electron chi connectivity index (χ2n) is 10.1. The SMILES string of the molecule is C=CCC(O[Si](c1ccccc1)(c1ccccc1)C(C)(C)C)[C@H](O)[C@@H]1CC[C@H]([C@H](O)CC)O1. The summed E-state index contributed by atoms with van der Waals surface area (Å²) in [5.41, 5.74) is 0. The van der Waals surface area contributed by atoms with E-state index in [4.69, 9.17) is 9.16 Å². The van der Waals surface area contributed by atoms with E-state index in [1.165, 1.54) is 10.4 Å².